The van der Waals surface area contributed by atoms with Gasteiger partial charge in [0.1, 0.15) is 11.5 Å². The number of aliphatic hydroxyl groups is 1. The predicted molar refractivity (Wildman–Crippen MR) is 84.1 cm³/mol. The molecule has 0 amide bonds. The van der Waals surface area contributed by atoms with E-state index in [0.29, 0.717) is 24.4 Å². The van der Waals surface area contributed by atoms with Gasteiger partial charge in [-0.1, -0.05) is 20.8 Å². The van der Waals surface area contributed by atoms with Crippen molar-refractivity contribution in [3.8, 4) is 0 Å². The van der Waals surface area contributed by atoms with Gasteiger partial charge in [0.25, 0.3) is 0 Å². The molecule has 2 fully saturated rings. The smallest absolute Gasteiger partial charge is 0.117 e. The molecule has 0 spiro atoms. The molecule has 1 aromatic rings. The van der Waals surface area contributed by atoms with Crippen LogP contribution in [0.5, 0.6) is 0 Å². The highest BCUT2D eigenvalue weighted by atomic mass is 16.3. The van der Waals surface area contributed by atoms with Gasteiger partial charge in [-0.25, -0.2) is 0 Å². The van der Waals surface area contributed by atoms with Crippen LogP contribution in [0.1, 0.15) is 70.3 Å². The molecule has 0 aromatic carbocycles. The highest BCUT2D eigenvalue weighted by Crippen LogP contribution is 2.47. The van der Waals surface area contributed by atoms with Gasteiger partial charge in [0.05, 0.1) is 12.1 Å². The van der Waals surface area contributed by atoms with Crippen LogP contribution in [0.25, 0.3) is 0 Å². The summed E-state index contributed by atoms with van der Waals surface area (Å²) in [5, 5.41) is 14.0. The van der Waals surface area contributed by atoms with Crippen LogP contribution >= 0.6 is 0 Å². The maximum absolute atomic E-state index is 10.6. The summed E-state index contributed by atoms with van der Waals surface area (Å²) < 4.78 is 5.89. The zero-order chi connectivity index (χ0) is 15.1. The van der Waals surface area contributed by atoms with Crippen molar-refractivity contribution in [1.82, 2.24) is 5.32 Å². The topological polar surface area (TPSA) is 45.4 Å². The third-order valence-corrected chi connectivity index (χ3v) is 5.44. The molecule has 2 atom stereocenters. The SMILES string of the molecule is CC1CC1c1ccc(CNCC2(O)CCC(C)(C)CC2)o1. The van der Waals surface area contributed by atoms with Gasteiger partial charge in [0.15, 0.2) is 0 Å². The lowest BCUT2D eigenvalue weighted by Crippen LogP contribution is -2.44. The lowest BCUT2D eigenvalue weighted by molar-refractivity contribution is -0.0247. The second-order valence-electron chi connectivity index (χ2n) is 8.12. The van der Waals surface area contributed by atoms with Crippen molar-refractivity contribution in [2.24, 2.45) is 11.3 Å². The van der Waals surface area contributed by atoms with Gasteiger partial charge in [-0.3, -0.25) is 0 Å². The Labute approximate surface area is 128 Å². The quantitative estimate of drug-likeness (QED) is 0.867. The van der Waals surface area contributed by atoms with Crippen LogP contribution in [0.3, 0.4) is 0 Å². The maximum Gasteiger partial charge on any atom is 0.117 e. The van der Waals surface area contributed by atoms with E-state index in [1.165, 1.54) is 6.42 Å². The van der Waals surface area contributed by atoms with Crippen molar-refractivity contribution in [3.05, 3.63) is 23.7 Å². The minimum atomic E-state index is -0.532. The molecule has 2 aliphatic carbocycles. The zero-order valence-electron chi connectivity index (χ0n) is 13.6. The van der Waals surface area contributed by atoms with Crippen LogP contribution in [-0.2, 0) is 6.54 Å². The molecule has 2 N–H and O–H groups in total. The summed E-state index contributed by atoms with van der Waals surface area (Å²) in [4.78, 5) is 0. The van der Waals surface area contributed by atoms with Gasteiger partial charge < -0.3 is 14.8 Å². The Balaban J connectivity index is 1.44. The molecular weight excluding hydrogens is 262 g/mol. The fourth-order valence-electron chi connectivity index (χ4n) is 3.39. The number of hydrogen-bond acceptors (Lipinski definition) is 3. The molecule has 2 unspecified atom stereocenters. The molecule has 21 heavy (non-hydrogen) atoms. The van der Waals surface area contributed by atoms with Crippen LogP contribution in [-0.4, -0.2) is 17.3 Å². The minimum Gasteiger partial charge on any atom is -0.464 e. The predicted octanol–water partition coefficient (Wildman–Crippen LogP) is 3.82. The lowest BCUT2D eigenvalue weighted by Gasteiger charge is -2.40. The number of nitrogens with one attached hydrogen (secondary N) is 1. The minimum absolute atomic E-state index is 0.392. The molecule has 118 valence electrons. The van der Waals surface area contributed by atoms with Crippen molar-refractivity contribution in [3.63, 3.8) is 0 Å². The largest absolute Gasteiger partial charge is 0.464 e. The van der Waals surface area contributed by atoms with Crippen LogP contribution in [0.4, 0.5) is 0 Å². The summed E-state index contributed by atoms with van der Waals surface area (Å²) in [6.45, 7) is 8.24. The van der Waals surface area contributed by atoms with E-state index in [0.717, 1.165) is 43.1 Å². The van der Waals surface area contributed by atoms with Crippen molar-refractivity contribution < 1.29 is 9.52 Å². The normalized spacial score (nSPS) is 30.3. The third kappa shape index (κ3) is 3.70. The molecule has 3 rings (SSSR count). The molecule has 2 saturated carbocycles. The summed E-state index contributed by atoms with van der Waals surface area (Å²) >= 11 is 0. The van der Waals surface area contributed by atoms with Gasteiger partial charge in [0, 0.05) is 12.5 Å². The molecule has 1 heterocycles. The number of hydrogen-bond donors (Lipinski definition) is 2. The average molecular weight is 291 g/mol. The highest BCUT2D eigenvalue weighted by molar-refractivity contribution is 5.17. The third-order valence-electron chi connectivity index (χ3n) is 5.44. The van der Waals surface area contributed by atoms with Crippen LogP contribution in [0.15, 0.2) is 16.5 Å². The van der Waals surface area contributed by atoms with Crippen LogP contribution < -0.4 is 5.32 Å². The molecule has 3 heteroatoms. The molecule has 0 aliphatic heterocycles. The molecule has 3 nitrogen and oxygen atoms in total. The van der Waals surface area contributed by atoms with Gasteiger partial charge >= 0.3 is 0 Å². The Bertz CT molecular complexity index is 481. The number of furan rings is 1. The van der Waals surface area contributed by atoms with Crippen molar-refractivity contribution in [2.75, 3.05) is 6.54 Å². The Morgan fingerprint density at radius 1 is 1.24 bits per heavy atom. The Hall–Kier alpha value is -0.800. The Kier molecular flexibility index (Phi) is 3.91. The van der Waals surface area contributed by atoms with E-state index in [1.807, 2.05) is 0 Å². The van der Waals surface area contributed by atoms with E-state index in [4.69, 9.17) is 4.42 Å². The van der Waals surface area contributed by atoms with Gasteiger partial charge in [-0.2, -0.15) is 0 Å². The maximum atomic E-state index is 10.6. The first-order valence-electron chi connectivity index (χ1n) is 8.39. The Morgan fingerprint density at radius 2 is 1.90 bits per heavy atom. The van der Waals surface area contributed by atoms with E-state index < -0.39 is 5.60 Å². The van der Waals surface area contributed by atoms with Crippen molar-refractivity contribution in [2.45, 2.75) is 70.9 Å². The van der Waals surface area contributed by atoms with E-state index in [-0.39, 0.29) is 0 Å². The van der Waals surface area contributed by atoms with E-state index in [2.05, 4.69) is 38.2 Å². The second kappa shape index (κ2) is 5.44. The summed E-state index contributed by atoms with van der Waals surface area (Å²) in [7, 11) is 0. The molecule has 0 bridgehead atoms. The average Bonchev–Trinajstić information content (AvgIpc) is 2.97. The van der Waals surface area contributed by atoms with E-state index >= 15 is 0 Å². The zero-order valence-corrected chi connectivity index (χ0v) is 13.6. The molecule has 1 aromatic heterocycles. The van der Waals surface area contributed by atoms with Crippen molar-refractivity contribution in [1.29, 1.82) is 0 Å². The summed E-state index contributed by atoms with van der Waals surface area (Å²) in [5.74, 6) is 3.55. The first-order chi connectivity index (χ1) is 9.87. The first kappa shape index (κ1) is 15.1. The van der Waals surface area contributed by atoms with Crippen molar-refractivity contribution >= 4 is 0 Å². The van der Waals surface area contributed by atoms with Gasteiger partial charge in [0.2, 0.25) is 0 Å². The summed E-state index contributed by atoms with van der Waals surface area (Å²) in [5.41, 5.74) is -0.140. The first-order valence-corrected chi connectivity index (χ1v) is 8.39. The summed E-state index contributed by atoms with van der Waals surface area (Å²) in [6, 6.07) is 4.18. The van der Waals surface area contributed by atoms with Crippen LogP contribution in [0.2, 0.25) is 0 Å². The molecule has 0 radical (unpaired) electrons. The summed E-state index contributed by atoms with van der Waals surface area (Å²) in [6.07, 6.45) is 5.27. The molecular formula is C18H29NO2. The van der Waals surface area contributed by atoms with Gasteiger partial charge in [-0.05, 0) is 55.6 Å². The number of rotatable bonds is 5. The van der Waals surface area contributed by atoms with Crippen LogP contribution in [0, 0.1) is 11.3 Å². The second-order valence-corrected chi connectivity index (χ2v) is 8.12. The fourth-order valence-corrected chi connectivity index (χ4v) is 3.39. The fraction of sp³-hybridized carbons (Fsp3) is 0.778. The monoisotopic (exact) mass is 291 g/mol. The van der Waals surface area contributed by atoms with E-state index in [9.17, 15) is 5.11 Å². The standard InChI is InChI=1S/C18H29NO2/c1-13-10-15(13)16-5-4-14(21-16)11-19-12-18(20)8-6-17(2,3)7-9-18/h4-5,13,15,19-20H,6-12H2,1-3H3. The lowest BCUT2D eigenvalue weighted by atomic mass is 9.71. The van der Waals surface area contributed by atoms with E-state index in [1.54, 1.807) is 0 Å². The molecule has 0 saturated heterocycles. The van der Waals surface area contributed by atoms with Gasteiger partial charge in [-0.15, -0.1) is 0 Å². The molecule has 2 aliphatic rings. The Morgan fingerprint density at radius 3 is 2.52 bits per heavy atom. The highest BCUT2D eigenvalue weighted by Gasteiger charge is 2.37.